The largest absolute Gasteiger partial charge is 0.507 e. The molecule has 0 saturated carbocycles. The standard InChI is InChI=1S/C12H15NO2/c1-2-8-13-9-7-12(15)10-5-3-4-6-11(10)14/h3-7,9,13-14H,2,8H2,1H3/b9-7+. The Kier molecular flexibility index (Phi) is 4.41. The van der Waals surface area contributed by atoms with E-state index in [9.17, 15) is 9.90 Å². The summed E-state index contributed by atoms with van der Waals surface area (Å²) < 4.78 is 0. The highest BCUT2D eigenvalue weighted by Crippen LogP contribution is 2.16. The molecule has 1 aromatic rings. The molecule has 0 bridgehead atoms. The lowest BCUT2D eigenvalue weighted by atomic mass is 10.1. The summed E-state index contributed by atoms with van der Waals surface area (Å²) in [7, 11) is 0. The number of hydrogen-bond donors (Lipinski definition) is 2. The fraction of sp³-hybridized carbons (Fsp3) is 0.250. The van der Waals surface area contributed by atoms with E-state index in [1.807, 2.05) is 6.92 Å². The smallest absolute Gasteiger partial charge is 0.190 e. The third kappa shape index (κ3) is 3.46. The summed E-state index contributed by atoms with van der Waals surface area (Å²) in [5, 5.41) is 12.4. The Hall–Kier alpha value is -1.77. The van der Waals surface area contributed by atoms with Gasteiger partial charge in [0.15, 0.2) is 5.78 Å². The zero-order valence-corrected chi connectivity index (χ0v) is 8.73. The Morgan fingerprint density at radius 3 is 2.87 bits per heavy atom. The molecule has 0 aromatic heterocycles. The molecule has 0 saturated heterocycles. The maximum Gasteiger partial charge on any atom is 0.190 e. The van der Waals surface area contributed by atoms with Gasteiger partial charge in [0, 0.05) is 18.8 Å². The first-order valence-electron chi connectivity index (χ1n) is 4.98. The summed E-state index contributed by atoms with van der Waals surface area (Å²) in [6, 6.07) is 6.51. The van der Waals surface area contributed by atoms with Gasteiger partial charge in [0.2, 0.25) is 0 Å². The summed E-state index contributed by atoms with van der Waals surface area (Å²) in [4.78, 5) is 11.5. The van der Waals surface area contributed by atoms with Crippen molar-refractivity contribution in [1.29, 1.82) is 0 Å². The minimum Gasteiger partial charge on any atom is -0.507 e. The summed E-state index contributed by atoms with van der Waals surface area (Å²) in [5.74, 6) is -0.181. The van der Waals surface area contributed by atoms with Gasteiger partial charge >= 0.3 is 0 Å². The van der Waals surface area contributed by atoms with Crippen LogP contribution in [0.15, 0.2) is 36.5 Å². The van der Waals surface area contributed by atoms with Crippen LogP contribution in [-0.2, 0) is 0 Å². The van der Waals surface area contributed by atoms with E-state index in [1.165, 1.54) is 12.1 Å². The number of ketones is 1. The second-order valence-electron chi connectivity index (χ2n) is 3.17. The fourth-order valence-electron chi connectivity index (χ4n) is 1.13. The lowest BCUT2D eigenvalue weighted by Crippen LogP contribution is -2.06. The summed E-state index contributed by atoms with van der Waals surface area (Å²) in [5.41, 5.74) is 0.326. The van der Waals surface area contributed by atoms with Crippen LogP contribution in [0.5, 0.6) is 5.75 Å². The van der Waals surface area contributed by atoms with Crippen LogP contribution >= 0.6 is 0 Å². The molecule has 15 heavy (non-hydrogen) atoms. The molecule has 80 valence electrons. The lowest BCUT2D eigenvalue weighted by Gasteiger charge is -1.99. The normalized spacial score (nSPS) is 10.5. The van der Waals surface area contributed by atoms with Crippen molar-refractivity contribution in [3.8, 4) is 5.75 Å². The second-order valence-corrected chi connectivity index (χ2v) is 3.17. The first kappa shape index (κ1) is 11.3. The molecule has 0 aliphatic heterocycles. The Morgan fingerprint density at radius 2 is 2.20 bits per heavy atom. The molecule has 0 unspecified atom stereocenters. The van der Waals surface area contributed by atoms with Gasteiger partial charge in [-0.2, -0.15) is 0 Å². The van der Waals surface area contributed by atoms with Crippen molar-refractivity contribution in [2.45, 2.75) is 13.3 Å². The molecule has 3 nitrogen and oxygen atoms in total. The van der Waals surface area contributed by atoms with Crippen LogP contribution in [0.2, 0.25) is 0 Å². The van der Waals surface area contributed by atoms with E-state index >= 15 is 0 Å². The maximum atomic E-state index is 11.5. The van der Waals surface area contributed by atoms with Crippen molar-refractivity contribution in [2.24, 2.45) is 0 Å². The minimum atomic E-state index is -0.197. The molecule has 0 spiro atoms. The van der Waals surface area contributed by atoms with E-state index < -0.39 is 0 Å². The molecular weight excluding hydrogens is 190 g/mol. The number of allylic oxidation sites excluding steroid dienone is 1. The van der Waals surface area contributed by atoms with Crippen molar-refractivity contribution < 1.29 is 9.90 Å². The highest BCUT2D eigenvalue weighted by molar-refractivity contribution is 6.06. The highest BCUT2D eigenvalue weighted by atomic mass is 16.3. The zero-order valence-electron chi connectivity index (χ0n) is 8.73. The molecule has 0 aliphatic rings. The SMILES string of the molecule is CCCN/C=C/C(=O)c1ccccc1O. The Morgan fingerprint density at radius 1 is 1.47 bits per heavy atom. The van der Waals surface area contributed by atoms with E-state index in [4.69, 9.17) is 0 Å². The molecule has 1 rings (SSSR count). The minimum absolute atomic E-state index is 0.0163. The van der Waals surface area contributed by atoms with Crippen LogP contribution in [0.25, 0.3) is 0 Å². The van der Waals surface area contributed by atoms with E-state index in [1.54, 1.807) is 24.4 Å². The number of carbonyl (C=O) groups excluding carboxylic acids is 1. The fourth-order valence-corrected chi connectivity index (χ4v) is 1.13. The monoisotopic (exact) mass is 205 g/mol. The zero-order chi connectivity index (χ0) is 11.1. The number of rotatable bonds is 5. The molecule has 3 heteroatoms. The molecule has 1 aromatic carbocycles. The summed E-state index contributed by atoms with van der Waals surface area (Å²) >= 11 is 0. The number of hydrogen-bond acceptors (Lipinski definition) is 3. The van der Waals surface area contributed by atoms with Crippen molar-refractivity contribution in [3.05, 3.63) is 42.1 Å². The first-order chi connectivity index (χ1) is 7.25. The number of phenolic OH excluding ortho intramolecular Hbond substituents is 1. The average molecular weight is 205 g/mol. The van der Waals surface area contributed by atoms with Gasteiger partial charge in [-0.15, -0.1) is 0 Å². The van der Waals surface area contributed by atoms with Crippen molar-refractivity contribution in [3.63, 3.8) is 0 Å². The van der Waals surface area contributed by atoms with E-state index in [2.05, 4.69) is 5.32 Å². The highest BCUT2D eigenvalue weighted by Gasteiger charge is 2.05. The van der Waals surface area contributed by atoms with Gasteiger partial charge < -0.3 is 10.4 Å². The second kappa shape index (κ2) is 5.86. The van der Waals surface area contributed by atoms with E-state index in [0.29, 0.717) is 5.56 Å². The van der Waals surface area contributed by atoms with Gasteiger partial charge in [-0.1, -0.05) is 19.1 Å². The third-order valence-corrected chi connectivity index (χ3v) is 1.92. The molecule has 2 N–H and O–H groups in total. The number of phenols is 1. The topological polar surface area (TPSA) is 49.3 Å². The molecule has 0 atom stereocenters. The van der Waals surface area contributed by atoms with Crippen molar-refractivity contribution in [1.82, 2.24) is 5.32 Å². The Labute approximate surface area is 89.4 Å². The van der Waals surface area contributed by atoms with E-state index in [-0.39, 0.29) is 11.5 Å². The molecular formula is C12H15NO2. The van der Waals surface area contributed by atoms with Gasteiger partial charge in [0.1, 0.15) is 5.75 Å². The van der Waals surface area contributed by atoms with Crippen LogP contribution in [0.1, 0.15) is 23.7 Å². The summed E-state index contributed by atoms with van der Waals surface area (Å²) in [6.07, 6.45) is 4.04. The third-order valence-electron chi connectivity index (χ3n) is 1.92. The number of benzene rings is 1. The molecule has 0 aliphatic carbocycles. The van der Waals surface area contributed by atoms with Crippen LogP contribution in [-0.4, -0.2) is 17.4 Å². The average Bonchev–Trinajstić information content (AvgIpc) is 2.25. The predicted molar refractivity (Wildman–Crippen MR) is 59.9 cm³/mol. The van der Waals surface area contributed by atoms with Crippen molar-refractivity contribution in [2.75, 3.05) is 6.54 Å². The van der Waals surface area contributed by atoms with E-state index in [0.717, 1.165) is 13.0 Å². The van der Waals surface area contributed by atoms with Crippen LogP contribution in [0, 0.1) is 0 Å². The van der Waals surface area contributed by atoms with Gasteiger partial charge in [-0.25, -0.2) is 0 Å². The van der Waals surface area contributed by atoms with Crippen LogP contribution in [0.3, 0.4) is 0 Å². The Bertz CT molecular complexity index is 358. The maximum absolute atomic E-state index is 11.5. The number of aromatic hydroxyl groups is 1. The first-order valence-corrected chi connectivity index (χ1v) is 4.98. The van der Waals surface area contributed by atoms with Crippen molar-refractivity contribution >= 4 is 5.78 Å². The van der Waals surface area contributed by atoms with Gasteiger partial charge in [0.25, 0.3) is 0 Å². The van der Waals surface area contributed by atoms with Gasteiger partial charge in [0.05, 0.1) is 5.56 Å². The van der Waals surface area contributed by atoms with Gasteiger partial charge in [-0.3, -0.25) is 4.79 Å². The quantitative estimate of drug-likeness (QED) is 0.439. The number of nitrogens with one attached hydrogen (secondary N) is 1. The predicted octanol–water partition coefficient (Wildman–Crippen LogP) is 2.09. The molecule has 0 heterocycles. The number of carbonyl (C=O) groups is 1. The Balaban J connectivity index is 2.61. The number of para-hydroxylation sites is 1. The lowest BCUT2D eigenvalue weighted by molar-refractivity contribution is 0.104. The van der Waals surface area contributed by atoms with Crippen LogP contribution < -0.4 is 5.32 Å². The van der Waals surface area contributed by atoms with Crippen LogP contribution in [0.4, 0.5) is 0 Å². The molecule has 0 radical (unpaired) electrons. The van der Waals surface area contributed by atoms with Gasteiger partial charge in [-0.05, 0) is 18.6 Å². The summed E-state index contributed by atoms with van der Waals surface area (Å²) in [6.45, 7) is 2.89. The molecule has 0 amide bonds. The molecule has 0 fully saturated rings.